The Kier molecular flexibility index (Phi) is 5.01. The van der Waals surface area contributed by atoms with Crippen LogP contribution >= 0.6 is 0 Å². The van der Waals surface area contributed by atoms with E-state index in [9.17, 15) is 0 Å². The Labute approximate surface area is 134 Å². The van der Waals surface area contributed by atoms with Crippen LogP contribution in [0.2, 0.25) is 0 Å². The van der Waals surface area contributed by atoms with Crippen molar-refractivity contribution < 1.29 is 0 Å². The minimum Gasteiger partial charge on any atom is -0.369 e. The summed E-state index contributed by atoms with van der Waals surface area (Å²) in [5.41, 5.74) is 7.82. The molecule has 3 rings (SSSR count). The number of likely N-dealkylation sites (tertiary alicyclic amines) is 1. The van der Waals surface area contributed by atoms with Crippen molar-refractivity contribution in [2.75, 3.05) is 57.3 Å². The lowest BCUT2D eigenvalue weighted by Crippen LogP contribution is -2.63. The van der Waals surface area contributed by atoms with Gasteiger partial charge in [0, 0.05) is 44.0 Å². The van der Waals surface area contributed by atoms with Gasteiger partial charge in [0.05, 0.1) is 0 Å². The monoisotopic (exact) mass is 302 g/mol. The molecule has 0 aromatic heterocycles. The van der Waals surface area contributed by atoms with Crippen LogP contribution in [0.15, 0.2) is 30.3 Å². The average Bonchev–Trinajstić information content (AvgIpc) is 2.63. The van der Waals surface area contributed by atoms with Crippen molar-refractivity contribution in [2.24, 2.45) is 5.73 Å². The van der Waals surface area contributed by atoms with E-state index in [0.717, 1.165) is 32.7 Å². The van der Waals surface area contributed by atoms with Gasteiger partial charge in [0.15, 0.2) is 0 Å². The summed E-state index contributed by atoms with van der Waals surface area (Å²) in [5.74, 6) is 0. The number of piperazine rings is 1. The minimum atomic E-state index is 0.244. The molecule has 2 aliphatic heterocycles. The van der Waals surface area contributed by atoms with Crippen molar-refractivity contribution in [1.29, 1.82) is 0 Å². The lowest BCUT2D eigenvalue weighted by Gasteiger charge is -2.51. The third-order valence-corrected chi connectivity index (χ3v) is 5.69. The van der Waals surface area contributed by atoms with Gasteiger partial charge in [0.2, 0.25) is 0 Å². The fourth-order valence-electron chi connectivity index (χ4n) is 4.01. The van der Waals surface area contributed by atoms with Crippen molar-refractivity contribution >= 4 is 5.69 Å². The van der Waals surface area contributed by atoms with Crippen LogP contribution in [0.3, 0.4) is 0 Å². The molecule has 0 bridgehead atoms. The highest BCUT2D eigenvalue weighted by Crippen LogP contribution is 2.30. The number of nitrogens with zero attached hydrogens (tertiary/aromatic N) is 3. The SMILES string of the molecule is CCN1CCC(CN)(N2CCN(c3ccccc3)CC2)CC1. The molecule has 0 aliphatic carbocycles. The van der Waals surface area contributed by atoms with Crippen LogP contribution in [0.5, 0.6) is 0 Å². The van der Waals surface area contributed by atoms with Gasteiger partial charge in [-0.25, -0.2) is 0 Å². The molecule has 4 nitrogen and oxygen atoms in total. The summed E-state index contributed by atoms with van der Waals surface area (Å²) in [7, 11) is 0. The summed E-state index contributed by atoms with van der Waals surface area (Å²) in [4.78, 5) is 7.73. The molecule has 0 atom stereocenters. The predicted octanol–water partition coefficient (Wildman–Crippen LogP) is 1.62. The molecule has 0 saturated carbocycles. The van der Waals surface area contributed by atoms with Gasteiger partial charge >= 0.3 is 0 Å². The highest BCUT2D eigenvalue weighted by atomic mass is 15.3. The van der Waals surface area contributed by atoms with Gasteiger partial charge in [-0.1, -0.05) is 25.1 Å². The first-order chi connectivity index (χ1) is 10.8. The van der Waals surface area contributed by atoms with E-state index in [2.05, 4.69) is 52.0 Å². The van der Waals surface area contributed by atoms with Gasteiger partial charge in [0.1, 0.15) is 0 Å². The third-order valence-electron chi connectivity index (χ3n) is 5.69. The molecule has 2 saturated heterocycles. The number of piperidine rings is 1. The Morgan fingerprint density at radius 1 is 0.955 bits per heavy atom. The molecule has 0 spiro atoms. The minimum absolute atomic E-state index is 0.244. The second kappa shape index (κ2) is 6.99. The largest absolute Gasteiger partial charge is 0.369 e. The molecule has 2 heterocycles. The van der Waals surface area contributed by atoms with E-state index in [1.165, 1.54) is 38.2 Å². The zero-order valence-electron chi connectivity index (χ0n) is 13.9. The molecular formula is C18H30N4. The summed E-state index contributed by atoms with van der Waals surface area (Å²) in [6, 6.07) is 10.8. The van der Waals surface area contributed by atoms with Crippen LogP contribution in [-0.2, 0) is 0 Å². The normalized spacial score (nSPS) is 23.6. The molecule has 1 aromatic carbocycles. The van der Waals surface area contributed by atoms with Crippen LogP contribution in [-0.4, -0.2) is 67.7 Å². The van der Waals surface area contributed by atoms with Crippen molar-refractivity contribution in [1.82, 2.24) is 9.80 Å². The van der Waals surface area contributed by atoms with Crippen LogP contribution in [0.4, 0.5) is 5.69 Å². The van der Waals surface area contributed by atoms with Crippen LogP contribution in [0, 0.1) is 0 Å². The lowest BCUT2D eigenvalue weighted by atomic mass is 9.85. The number of nitrogens with two attached hydrogens (primary N) is 1. The fraction of sp³-hybridized carbons (Fsp3) is 0.667. The van der Waals surface area contributed by atoms with E-state index in [-0.39, 0.29) is 5.54 Å². The van der Waals surface area contributed by atoms with E-state index in [1.54, 1.807) is 0 Å². The third kappa shape index (κ3) is 3.14. The zero-order chi connectivity index (χ0) is 15.4. The van der Waals surface area contributed by atoms with E-state index < -0.39 is 0 Å². The summed E-state index contributed by atoms with van der Waals surface area (Å²) in [6.07, 6.45) is 2.45. The molecule has 122 valence electrons. The smallest absolute Gasteiger partial charge is 0.0367 e. The number of benzene rings is 1. The second-order valence-electron chi connectivity index (χ2n) is 6.67. The molecule has 4 heteroatoms. The molecule has 0 amide bonds. The Morgan fingerprint density at radius 2 is 1.59 bits per heavy atom. The molecule has 22 heavy (non-hydrogen) atoms. The summed E-state index contributed by atoms with van der Waals surface area (Å²) in [5, 5.41) is 0. The first-order valence-corrected chi connectivity index (χ1v) is 8.75. The molecule has 1 aromatic rings. The number of hydrogen-bond donors (Lipinski definition) is 1. The highest BCUT2D eigenvalue weighted by molar-refractivity contribution is 5.46. The number of para-hydroxylation sites is 1. The standard InChI is InChI=1S/C18H30N4/c1-2-20-10-8-18(16-19,9-11-20)22-14-12-21(13-15-22)17-6-4-3-5-7-17/h3-7H,2,8-16,19H2,1H3. The average molecular weight is 302 g/mol. The molecular weight excluding hydrogens is 272 g/mol. The van der Waals surface area contributed by atoms with Crippen molar-refractivity contribution in [3.63, 3.8) is 0 Å². The summed E-state index contributed by atoms with van der Waals surface area (Å²) >= 11 is 0. The lowest BCUT2D eigenvalue weighted by molar-refractivity contribution is 0.0244. The van der Waals surface area contributed by atoms with Crippen LogP contribution in [0.1, 0.15) is 19.8 Å². The van der Waals surface area contributed by atoms with Gasteiger partial charge < -0.3 is 15.5 Å². The van der Waals surface area contributed by atoms with Crippen LogP contribution < -0.4 is 10.6 Å². The van der Waals surface area contributed by atoms with E-state index in [1.807, 2.05) is 0 Å². The Hall–Kier alpha value is -1.10. The maximum atomic E-state index is 6.23. The van der Waals surface area contributed by atoms with Crippen molar-refractivity contribution in [2.45, 2.75) is 25.3 Å². The maximum Gasteiger partial charge on any atom is 0.0367 e. The zero-order valence-corrected chi connectivity index (χ0v) is 13.9. The molecule has 2 N–H and O–H groups in total. The molecule has 0 radical (unpaired) electrons. The topological polar surface area (TPSA) is 35.7 Å². The first kappa shape index (κ1) is 15.8. The molecule has 2 aliphatic rings. The predicted molar refractivity (Wildman–Crippen MR) is 93.4 cm³/mol. The first-order valence-electron chi connectivity index (χ1n) is 8.75. The highest BCUT2D eigenvalue weighted by Gasteiger charge is 2.39. The Morgan fingerprint density at radius 3 is 2.14 bits per heavy atom. The van der Waals surface area contributed by atoms with Gasteiger partial charge in [-0.05, 0) is 44.6 Å². The maximum absolute atomic E-state index is 6.23. The molecule has 2 fully saturated rings. The van der Waals surface area contributed by atoms with Gasteiger partial charge in [0.25, 0.3) is 0 Å². The van der Waals surface area contributed by atoms with Gasteiger partial charge in [-0.2, -0.15) is 0 Å². The number of anilines is 1. The van der Waals surface area contributed by atoms with E-state index >= 15 is 0 Å². The van der Waals surface area contributed by atoms with Gasteiger partial charge in [-0.3, -0.25) is 4.90 Å². The Bertz CT molecular complexity index is 445. The van der Waals surface area contributed by atoms with Gasteiger partial charge in [-0.15, -0.1) is 0 Å². The molecule has 0 unspecified atom stereocenters. The fourth-order valence-corrected chi connectivity index (χ4v) is 4.01. The van der Waals surface area contributed by atoms with E-state index in [0.29, 0.717) is 0 Å². The summed E-state index contributed by atoms with van der Waals surface area (Å²) in [6.45, 7) is 11.1. The van der Waals surface area contributed by atoms with E-state index in [4.69, 9.17) is 5.73 Å². The summed E-state index contributed by atoms with van der Waals surface area (Å²) < 4.78 is 0. The van der Waals surface area contributed by atoms with Crippen molar-refractivity contribution in [3.8, 4) is 0 Å². The van der Waals surface area contributed by atoms with Crippen molar-refractivity contribution in [3.05, 3.63) is 30.3 Å². The van der Waals surface area contributed by atoms with Crippen LogP contribution in [0.25, 0.3) is 0 Å². The second-order valence-corrected chi connectivity index (χ2v) is 6.67. The number of rotatable bonds is 4. The quantitative estimate of drug-likeness (QED) is 0.917. The number of hydrogen-bond acceptors (Lipinski definition) is 4. The Balaban J connectivity index is 1.60.